The molecule has 24 heavy (non-hydrogen) atoms. The largest absolute Gasteiger partial charge is 0.465 e. The molecule has 0 aromatic carbocycles. The maximum atomic E-state index is 12.4. The number of imidazole rings is 1. The Morgan fingerprint density at radius 3 is 2.92 bits per heavy atom. The first-order valence-electron chi connectivity index (χ1n) is 7.66. The summed E-state index contributed by atoms with van der Waals surface area (Å²) < 4.78 is 17.7. The van der Waals surface area contributed by atoms with Gasteiger partial charge in [-0.2, -0.15) is 0 Å². The Labute approximate surface area is 143 Å². The molecule has 1 aliphatic heterocycles. The van der Waals surface area contributed by atoms with Crippen molar-refractivity contribution in [3.05, 3.63) is 16.7 Å². The number of rotatable bonds is 6. The summed E-state index contributed by atoms with van der Waals surface area (Å²) in [6.07, 6.45) is -0.716. The molecule has 134 valence electrons. The van der Waals surface area contributed by atoms with Crippen molar-refractivity contribution in [1.29, 1.82) is 0 Å². The SMILES string of the molecule is CCc1[nH]c(C(=O)NC2CCN(C(=O)O)CC2OCCF)nc1Cl. The molecule has 0 spiro atoms. The average Bonchev–Trinajstić information content (AvgIpc) is 2.94. The van der Waals surface area contributed by atoms with E-state index in [0.717, 1.165) is 0 Å². The van der Waals surface area contributed by atoms with Crippen LogP contribution >= 0.6 is 11.6 Å². The molecule has 2 unspecified atom stereocenters. The van der Waals surface area contributed by atoms with Crippen molar-refractivity contribution in [1.82, 2.24) is 20.2 Å². The Bertz CT molecular complexity index is 597. The number of aryl methyl sites for hydroxylation is 1. The number of hydrogen-bond donors (Lipinski definition) is 3. The van der Waals surface area contributed by atoms with Crippen LogP contribution in [-0.2, 0) is 11.2 Å². The number of carbonyl (C=O) groups is 2. The number of aromatic nitrogens is 2. The number of ether oxygens (including phenoxy) is 1. The maximum absolute atomic E-state index is 12.4. The Morgan fingerprint density at radius 2 is 2.33 bits per heavy atom. The second kappa shape index (κ2) is 8.29. The molecule has 0 saturated carbocycles. The summed E-state index contributed by atoms with van der Waals surface area (Å²) in [5.74, 6) is -0.374. The van der Waals surface area contributed by atoms with Gasteiger partial charge in [0.1, 0.15) is 6.67 Å². The minimum absolute atomic E-state index is 0.0689. The quantitative estimate of drug-likeness (QED) is 0.710. The van der Waals surface area contributed by atoms with E-state index in [0.29, 0.717) is 18.5 Å². The average molecular weight is 363 g/mol. The summed E-state index contributed by atoms with van der Waals surface area (Å²) in [4.78, 5) is 31.4. The third-order valence-electron chi connectivity index (χ3n) is 3.85. The second-order valence-electron chi connectivity index (χ2n) is 5.40. The summed E-state index contributed by atoms with van der Waals surface area (Å²) in [7, 11) is 0. The van der Waals surface area contributed by atoms with E-state index in [1.807, 2.05) is 6.92 Å². The Morgan fingerprint density at radius 1 is 1.58 bits per heavy atom. The zero-order valence-corrected chi connectivity index (χ0v) is 14.0. The van der Waals surface area contributed by atoms with E-state index < -0.39 is 30.8 Å². The number of likely N-dealkylation sites (tertiary alicyclic amines) is 1. The number of H-pyrrole nitrogens is 1. The lowest BCUT2D eigenvalue weighted by atomic mass is 10.0. The Kier molecular flexibility index (Phi) is 6.38. The van der Waals surface area contributed by atoms with Crippen LogP contribution in [0.15, 0.2) is 0 Å². The fourth-order valence-electron chi connectivity index (χ4n) is 2.59. The number of hydrogen-bond acceptors (Lipinski definition) is 4. The molecule has 1 fully saturated rings. The lowest BCUT2D eigenvalue weighted by Crippen LogP contribution is -2.56. The number of carbonyl (C=O) groups excluding carboxylic acids is 1. The molecule has 0 aliphatic carbocycles. The number of nitrogens with one attached hydrogen (secondary N) is 2. The van der Waals surface area contributed by atoms with Crippen molar-refractivity contribution < 1.29 is 23.8 Å². The zero-order valence-electron chi connectivity index (χ0n) is 13.2. The van der Waals surface area contributed by atoms with Gasteiger partial charge < -0.3 is 25.0 Å². The van der Waals surface area contributed by atoms with Crippen molar-refractivity contribution in [2.24, 2.45) is 0 Å². The topological polar surface area (TPSA) is 108 Å². The van der Waals surface area contributed by atoms with Crippen LogP contribution in [0.3, 0.4) is 0 Å². The molecule has 8 nitrogen and oxygen atoms in total. The predicted octanol–water partition coefficient (Wildman–Crippen LogP) is 1.46. The van der Waals surface area contributed by atoms with E-state index in [2.05, 4.69) is 15.3 Å². The third-order valence-corrected chi connectivity index (χ3v) is 4.16. The van der Waals surface area contributed by atoms with Crippen LogP contribution in [-0.4, -0.2) is 70.5 Å². The fraction of sp³-hybridized carbons (Fsp3) is 0.643. The number of aromatic amines is 1. The number of nitrogens with zero attached hydrogens (tertiary/aromatic N) is 2. The molecular formula is C14H20ClFN4O4. The van der Waals surface area contributed by atoms with Gasteiger partial charge in [0.2, 0.25) is 0 Å². The minimum atomic E-state index is -1.07. The molecule has 1 aromatic rings. The number of amides is 2. The van der Waals surface area contributed by atoms with Crippen molar-refractivity contribution in [2.75, 3.05) is 26.4 Å². The normalized spacial score (nSPS) is 20.9. The first-order valence-corrected chi connectivity index (χ1v) is 8.04. The summed E-state index contributed by atoms with van der Waals surface area (Å²) in [5, 5.41) is 12.1. The van der Waals surface area contributed by atoms with Crippen molar-refractivity contribution >= 4 is 23.6 Å². The van der Waals surface area contributed by atoms with Gasteiger partial charge in [0.05, 0.1) is 31.0 Å². The highest BCUT2D eigenvalue weighted by Crippen LogP contribution is 2.17. The standard InChI is InChI=1S/C14H20ClFN4O4/c1-2-8-11(15)19-12(17-8)13(21)18-9-3-5-20(14(22)23)7-10(9)24-6-4-16/h9-10H,2-7H2,1H3,(H,17,19)(H,18,21)(H,22,23). The van der Waals surface area contributed by atoms with Gasteiger partial charge in [-0.25, -0.2) is 14.2 Å². The molecule has 1 aliphatic rings. The highest BCUT2D eigenvalue weighted by Gasteiger charge is 2.33. The highest BCUT2D eigenvalue weighted by atomic mass is 35.5. The minimum Gasteiger partial charge on any atom is -0.465 e. The molecule has 10 heteroatoms. The van der Waals surface area contributed by atoms with E-state index >= 15 is 0 Å². The second-order valence-corrected chi connectivity index (χ2v) is 5.76. The van der Waals surface area contributed by atoms with Gasteiger partial charge in [0.15, 0.2) is 11.0 Å². The van der Waals surface area contributed by atoms with Gasteiger partial charge in [-0.15, -0.1) is 0 Å². The van der Waals surface area contributed by atoms with Crippen LogP contribution in [0.4, 0.5) is 9.18 Å². The van der Waals surface area contributed by atoms with Gasteiger partial charge in [-0.1, -0.05) is 18.5 Å². The van der Waals surface area contributed by atoms with Crippen molar-refractivity contribution in [3.8, 4) is 0 Å². The zero-order chi connectivity index (χ0) is 17.7. The summed E-state index contributed by atoms with van der Waals surface area (Å²) in [6.45, 7) is 1.37. The molecule has 1 saturated heterocycles. The molecular weight excluding hydrogens is 343 g/mol. The van der Waals surface area contributed by atoms with Crippen LogP contribution in [0.5, 0.6) is 0 Å². The number of piperidine rings is 1. The van der Waals surface area contributed by atoms with Gasteiger partial charge in [-0.3, -0.25) is 4.79 Å². The van der Waals surface area contributed by atoms with Crippen molar-refractivity contribution in [2.45, 2.75) is 31.9 Å². The van der Waals surface area contributed by atoms with Crippen LogP contribution in [0.25, 0.3) is 0 Å². The number of carboxylic acid groups (broad SMARTS) is 1. The fourth-order valence-corrected chi connectivity index (χ4v) is 2.85. The number of alkyl halides is 1. The van der Waals surface area contributed by atoms with Crippen LogP contribution in [0, 0.1) is 0 Å². The monoisotopic (exact) mass is 362 g/mol. The van der Waals surface area contributed by atoms with E-state index in [9.17, 15) is 14.0 Å². The molecule has 2 heterocycles. The van der Waals surface area contributed by atoms with Crippen molar-refractivity contribution in [3.63, 3.8) is 0 Å². The van der Waals surface area contributed by atoms with E-state index in [4.69, 9.17) is 21.4 Å². The van der Waals surface area contributed by atoms with Crippen LogP contribution in [0.1, 0.15) is 29.7 Å². The van der Waals surface area contributed by atoms with Crippen LogP contribution in [0.2, 0.25) is 5.15 Å². The molecule has 1 aromatic heterocycles. The molecule has 2 atom stereocenters. The van der Waals surface area contributed by atoms with Crippen LogP contribution < -0.4 is 5.32 Å². The summed E-state index contributed by atoms with van der Waals surface area (Å²) in [5.41, 5.74) is 0.660. The third kappa shape index (κ3) is 4.35. The molecule has 0 bridgehead atoms. The maximum Gasteiger partial charge on any atom is 0.407 e. The summed E-state index contributed by atoms with van der Waals surface area (Å²) in [6, 6.07) is -0.436. The van der Waals surface area contributed by atoms with Gasteiger partial charge >= 0.3 is 6.09 Å². The first-order chi connectivity index (χ1) is 11.5. The smallest absolute Gasteiger partial charge is 0.407 e. The van der Waals surface area contributed by atoms with E-state index in [1.165, 1.54) is 4.90 Å². The lowest BCUT2D eigenvalue weighted by Gasteiger charge is -2.37. The van der Waals surface area contributed by atoms with E-state index in [1.54, 1.807) is 0 Å². The predicted molar refractivity (Wildman–Crippen MR) is 84.2 cm³/mol. The Balaban J connectivity index is 2.04. The highest BCUT2D eigenvalue weighted by molar-refractivity contribution is 6.30. The molecule has 2 rings (SSSR count). The Hall–Kier alpha value is -1.87. The summed E-state index contributed by atoms with van der Waals surface area (Å²) >= 11 is 5.92. The van der Waals surface area contributed by atoms with Gasteiger partial charge in [-0.05, 0) is 12.8 Å². The molecule has 3 N–H and O–H groups in total. The molecule has 2 amide bonds. The van der Waals surface area contributed by atoms with Gasteiger partial charge in [0.25, 0.3) is 5.91 Å². The van der Waals surface area contributed by atoms with E-state index in [-0.39, 0.29) is 30.7 Å². The first kappa shape index (κ1) is 18.5. The van der Waals surface area contributed by atoms with Gasteiger partial charge in [0, 0.05) is 6.54 Å². The number of halogens is 2. The molecule has 0 radical (unpaired) electrons. The lowest BCUT2D eigenvalue weighted by molar-refractivity contribution is -0.0206.